The van der Waals surface area contributed by atoms with Crippen molar-refractivity contribution in [1.29, 1.82) is 0 Å². The first-order chi connectivity index (χ1) is 6.74. The molecular weight excluding hydrogens is 192 g/mol. The lowest BCUT2D eigenvalue weighted by Gasteiger charge is -2.25. The topological polar surface area (TPSA) is 52.6 Å². The SMILES string of the molecule is CC(C)CC(C)(O)CNCC(=O)N(C)C. The van der Waals surface area contributed by atoms with Gasteiger partial charge in [0.05, 0.1) is 12.1 Å². The van der Waals surface area contributed by atoms with Crippen molar-refractivity contribution < 1.29 is 9.90 Å². The van der Waals surface area contributed by atoms with Gasteiger partial charge in [0.15, 0.2) is 0 Å². The molecule has 0 rings (SSSR count). The van der Waals surface area contributed by atoms with Gasteiger partial charge in [-0.2, -0.15) is 0 Å². The number of carbonyl (C=O) groups excluding carboxylic acids is 1. The second-order valence-electron chi connectivity index (χ2n) is 4.99. The number of nitrogens with one attached hydrogen (secondary N) is 1. The van der Waals surface area contributed by atoms with E-state index < -0.39 is 5.60 Å². The van der Waals surface area contributed by atoms with Gasteiger partial charge < -0.3 is 15.3 Å². The van der Waals surface area contributed by atoms with Crippen molar-refractivity contribution in [2.24, 2.45) is 5.92 Å². The highest BCUT2D eigenvalue weighted by Crippen LogP contribution is 2.14. The average molecular weight is 216 g/mol. The van der Waals surface area contributed by atoms with Crippen molar-refractivity contribution in [3.63, 3.8) is 0 Å². The maximum atomic E-state index is 11.2. The molecule has 1 atom stereocenters. The molecule has 4 heteroatoms. The highest BCUT2D eigenvalue weighted by Gasteiger charge is 2.21. The molecule has 0 aromatic rings. The fourth-order valence-electron chi connectivity index (χ4n) is 1.55. The number of amides is 1. The molecule has 0 aliphatic rings. The van der Waals surface area contributed by atoms with Gasteiger partial charge in [0.2, 0.25) is 5.91 Å². The molecule has 0 bridgehead atoms. The number of rotatable bonds is 6. The lowest BCUT2D eigenvalue weighted by molar-refractivity contribution is -0.127. The quantitative estimate of drug-likeness (QED) is 0.678. The highest BCUT2D eigenvalue weighted by atomic mass is 16.3. The summed E-state index contributed by atoms with van der Waals surface area (Å²) in [5, 5.41) is 12.9. The summed E-state index contributed by atoms with van der Waals surface area (Å²) in [7, 11) is 3.44. The summed E-state index contributed by atoms with van der Waals surface area (Å²) in [5.41, 5.74) is -0.735. The monoisotopic (exact) mass is 216 g/mol. The van der Waals surface area contributed by atoms with E-state index in [1.807, 2.05) is 0 Å². The summed E-state index contributed by atoms with van der Waals surface area (Å²) in [6.45, 7) is 6.66. The number of nitrogens with zero attached hydrogens (tertiary/aromatic N) is 1. The second kappa shape index (κ2) is 6.08. The Morgan fingerprint density at radius 3 is 2.40 bits per heavy atom. The van der Waals surface area contributed by atoms with Crippen LogP contribution in [0.3, 0.4) is 0 Å². The van der Waals surface area contributed by atoms with Crippen molar-refractivity contribution in [3.8, 4) is 0 Å². The molecule has 1 amide bonds. The van der Waals surface area contributed by atoms with Crippen molar-refractivity contribution in [3.05, 3.63) is 0 Å². The van der Waals surface area contributed by atoms with Crippen LogP contribution in [0.1, 0.15) is 27.2 Å². The van der Waals surface area contributed by atoms with Gasteiger partial charge in [-0.1, -0.05) is 13.8 Å². The number of hydrogen-bond donors (Lipinski definition) is 2. The summed E-state index contributed by atoms with van der Waals surface area (Å²) >= 11 is 0. The molecule has 0 fully saturated rings. The van der Waals surface area contributed by atoms with E-state index in [4.69, 9.17) is 0 Å². The van der Waals surface area contributed by atoms with Crippen molar-refractivity contribution in [1.82, 2.24) is 10.2 Å². The molecule has 0 aliphatic carbocycles. The van der Waals surface area contributed by atoms with Gasteiger partial charge >= 0.3 is 0 Å². The molecule has 0 saturated heterocycles. The molecular formula is C11H24N2O2. The van der Waals surface area contributed by atoms with Crippen LogP contribution in [-0.2, 0) is 4.79 Å². The van der Waals surface area contributed by atoms with Crippen LogP contribution in [0.25, 0.3) is 0 Å². The van der Waals surface area contributed by atoms with Crippen LogP contribution in [0.5, 0.6) is 0 Å². The Balaban J connectivity index is 3.79. The van der Waals surface area contributed by atoms with Crippen LogP contribution < -0.4 is 5.32 Å². The predicted octanol–water partition coefficient (Wildman–Crippen LogP) is 0.461. The third-order valence-electron chi connectivity index (χ3n) is 2.13. The van der Waals surface area contributed by atoms with Crippen molar-refractivity contribution in [2.75, 3.05) is 27.2 Å². The van der Waals surface area contributed by atoms with Crippen LogP contribution >= 0.6 is 0 Å². The Kier molecular flexibility index (Phi) is 5.83. The fourth-order valence-corrected chi connectivity index (χ4v) is 1.55. The maximum absolute atomic E-state index is 11.2. The fraction of sp³-hybridized carbons (Fsp3) is 0.909. The summed E-state index contributed by atoms with van der Waals surface area (Å²) in [4.78, 5) is 12.8. The first-order valence-corrected chi connectivity index (χ1v) is 5.38. The zero-order valence-electron chi connectivity index (χ0n) is 10.5. The van der Waals surface area contributed by atoms with Crippen molar-refractivity contribution in [2.45, 2.75) is 32.8 Å². The first-order valence-electron chi connectivity index (χ1n) is 5.38. The zero-order chi connectivity index (χ0) is 12.1. The number of carbonyl (C=O) groups is 1. The molecule has 0 aromatic carbocycles. The average Bonchev–Trinajstić information content (AvgIpc) is 2.00. The summed E-state index contributed by atoms with van der Waals surface area (Å²) < 4.78 is 0. The predicted molar refractivity (Wildman–Crippen MR) is 61.6 cm³/mol. The number of likely N-dealkylation sites (N-methyl/N-ethyl adjacent to an activating group) is 1. The molecule has 0 aliphatic heterocycles. The van der Waals surface area contributed by atoms with Crippen LogP contribution in [-0.4, -0.2) is 48.7 Å². The normalized spacial score (nSPS) is 15.1. The van der Waals surface area contributed by atoms with Gasteiger partial charge in [0.25, 0.3) is 0 Å². The number of aliphatic hydroxyl groups is 1. The molecule has 0 spiro atoms. The van der Waals surface area contributed by atoms with E-state index in [9.17, 15) is 9.90 Å². The van der Waals surface area contributed by atoms with Crippen LogP contribution in [0, 0.1) is 5.92 Å². The maximum Gasteiger partial charge on any atom is 0.236 e. The van der Waals surface area contributed by atoms with E-state index in [0.29, 0.717) is 12.5 Å². The smallest absolute Gasteiger partial charge is 0.236 e. The van der Waals surface area contributed by atoms with Crippen molar-refractivity contribution >= 4 is 5.91 Å². The lowest BCUT2D eigenvalue weighted by Crippen LogP contribution is -2.42. The minimum Gasteiger partial charge on any atom is -0.389 e. The Bertz CT molecular complexity index is 201. The molecule has 2 N–H and O–H groups in total. The third kappa shape index (κ3) is 7.33. The summed E-state index contributed by atoms with van der Waals surface area (Å²) in [6, 6.07) is 0. The Hall–Kier alpha value is -0.610. The summed E-state index contributed by atoms with van der Waals surface area (Å²) in [6.07, 6.45) is 0.732. The Labute approximate surface area is 92.7 Å². The van der Waals surface area contributed by atoms with Gasteiger partial charge in [-0.15, -0.1) is 0 Å². The van der Waals surface area contributed by atoms with E-state index in [1.54, 1.807) is 21.0 Å². The van der Waals surface area contributed by atoms with Crippen LogP contribution in [0.4, 0.5) is 0 Å². The first kappa shape index (κ1) is 14.4. The second-order valence-corrected chi connectivity index (χ2v) is 4.99. The van der Waals surface area contributed by atoms with E-state index in [0.717, 1.165) is 6.42 Å². The molecule has 4 nitrogen and oxygen atoms in total. The molecule has 0 saturated carbocycles. The number of hydrogen-bond acceptors (Lipinski definition) is 3. The Morgan fingerprint density at radius 1 is 1.47 bits per heavy atom. The van der Waals surface area contributed by atoms with E-state index in [1.165, 1.54) is 4.90 Å². The van der Waals surface area contributed by atoms with Crippen LogP contribution in [0.15, 0.2) is 0 Å². The molecule has 0 heterocycles. The summed E-state index contributed by atoms with van der Waals surface area (Å²) in [5.74, 6) is 0.474. The molecule has 1 unspecified atom stereocenters. The van der Waals surface area contributed by atoms with E-state index in [-0.39, 0.29) is 12.5 Å². The van der Waals surface area contributed by atoms with Crippen LogP contribution in [0.2, 0.25) is 0 Å². The van der Waals surface area contributed by atoms with Gasteiger partial charge in [-0.05, 0) is 19.3 Å². The van der Waals surface area contributed by atoms with Gasteiger partial charge in [-0.25, -0.2) is 0 Å². The van der Waals surface area contributed by atoms with Gasteiger partial charge in [0.1, 0.15) is 0 Å². The third-order valence-corrected chi connectivity index (χ3v) is 2.13. The van der Waals surface area contributed by atoms with Gasteiger partial charge in [-0.3, -0.25) is 4.79 Å². The lowest BCUT2D eigenvalue weighted by atomic mass is 9.94. The standard InChI is InChI=1S/C11H24N2O2/c1-9(2)6-11(3,15)8-12-7-10(14)13(4)5/h9,12,15H,6-8H2,1-5H3. The zero-order valence-corrected chi connectivity index (χ0v) is 10.5. The van der Waals surface area contributed by atoms with Gasteiger partial charge in [0, 0.05) is 20.6 Å². The van der Waals surface area contributed by atoms with E-state index in [2.05, 4.69) is 19.2 Å². The largest absolute Gasteiger partial charge is 0.389 e. The van der Waals surface area contributed by atoms with E-state index >= 15 is 0 Å². The minimum absolute atomic E-state index is 0.0235. The highest BCUT2D eigenvalue weighted by molar-refractivity contribution is 5.77. The minimum atomic E-state index is -0.735. The molecule has 0 aromatic heterocycles. The molecule has 0 radical (unpaired) electrons. The molecule has 15 heavy (non-hydrogen) atoms. The molecule has 90 valence electrons. The Morgan fingerprint density at radius 2 is 2.00 bits per heavy atom.